The second-order valence-electron chi connectivity index (χ2n) is 8.14. The second-order valence-corrected chi connectivity index (χ2v) is 8.51. The van der Waals surface area contributed by atoms with Crippen molar-refractivity contribution in [2.45, 2.75) is 18.8 Å². The molecule has 1 aliphatic heterocycles. The van der Waals surface area contributed by atoms with Crippen molar-refractivity contribution >= 4 is 28.9 Å². The van der Waals surface area contributed by atoms with Crippen molar-refractivity contribution in [2.24, 2.45) is 7.05 Å². The number of carbonyl (C=O) groups is 1. The van der Waals surface area contributed by atoms with E-state index in [1.165, 1.54) is 25.4 Å². The van der Waals surface area contributed by atoms with Gasteiger partial charge in [-0.1, -0.05) is 23.7 Å². The fourth-order valence-corrected chi connectivity index (χ4v) is 4.34. The summed E-state index contributed by atoms with van der Waals surface area (Å²) in [5.74, 6) is -4.42. The maximum Gasteiger partial charge on any atom is 0.271 e. The molecule has 0 unspecified atom stereocenters. The number of anilines is 2. The SMILES string of the molecule is Cn1cc(C(=O)N2CCC(c3ccc(F)cc3)CC2)c(Nc2cc(F)c(F)cc2F)c(Cl)c1=O. The van der Waals surface area contributed by atoms with E-state index in [2.05, 4.69) is 5.32 Å². The van der Waals surface area contributed by atoms with Gasteiger partial charge in [0.2, 0.25) is 0 Å². The fourth-order valence-electron chi connectivity index (χ4n) is 4.06. The number of pyridine rings is 1. The predicted octanol–water partition coefficient (Wildman–Crippen LogP) is 5.36. The summed E-state index contributed by atoms with van der Waals surface area (Å²) >= 11 is 6.19. The first-order valence-corrected chi connectivity index (χ1v) is 10.9. The van der Waals surface area contributed by atoms with Crippen LogP contribution < -0.4 is 10.9 Å². The van der Waals surface area contributed by atoms with Gasteiger partial charge in [-0.3, -0.25) is 9.59 Å². The first-order valence-electron chi connectivity index (χ1n) is 10.5. The highest BCUT2D eigenvalue weighted by atomic mass is 35.5. The zero-order valence-corrected chi connectivity index (χ0v) is 18.8. The molecule has 0 bridgehead atoms. The molecule has 0 radical (unpaired) electrons. The van der Waals surface area contributed by atoms with Gasteiger partial charge in [-0.25, -0.2) is 17.6 Å². The van der Waals surface area contributed by atoms with E-state index in [1.54, 1.807) is 17.0 Å². The Bertz CT molecular complexity index is 1300. The summed E-state index contributed by atoms with van der Waals surface area (Å²) in [7, 11) is 1.41. The van der Waals surface area contributed by atoms with Gasteiger partial charge >= 0.3 is 0 Å². The number of hydrogen-bond donors (Lipinski definition) is 1. The van der Waals surface area contributed by atoms with E-state index in [1.807, 2.05) is 0 Å². The number of halogens is 5. The minimum atomic E-state index is -1.38. The maximum atomic E-state index is 14.2. The van der Waals surface area contributed by atoms with E-state index in [9.17, 15) is 27.2 Å². The number of nitrogens with one attached hydrogen (secondary N) is 1. The zero-order valence-electron chi connectivity index (χ0n) is 18.0. The number of rotatable bonds is 4. The van der Waals surface area contributed by atoms with Crippen LogP contribution in [-0.2, 0) is 7.05 Å². The first kappa shape index (κ1) is 23.8. The molecule has 34 heavy (non-hydrogen) atoms. The minimum absolute atomic E-state index is 0.0172. The molecule has 1 aromatic heterocycles. The number of likely N-dealkylation sites (tertiary alicyclic amines) is 1. The molecule has 3 aromatic rings. The molecular weight excluding hydrogens is 474 g/mol. The van der Waals surface area contributed by atoms with E-state index in [0.717, 1.165) is 10.1 Å². The molecular formula is C24H20ClF4N3O2. The summed E-state index contributed by atoms with van der Waals surface area (Å²) in [6.45, 7) is 0.778. The number of hydrogen-bond acceptors (Lipinski definition) is 3. The fraction of sp³-hybridized carbons (Fsp3) is 0.250. The van der Waals surface area contributed by atoms with E-state index in [0.29, 0.717) is 38.1 Å². The third kappa shape index (κ3) is 4.65. The predicted molar refractivity (Wildman–Crippen MR) is 121 cm³/mol. The lowest BCUT2D eigenvalue weighted by molar-refractivity contribution is 0.0713. The Balaban J connectivity index is 1.61. The van der Waals surface area contributed by atoms with Crippen LogP contribution in [0.1, 0.15) is 34.7 Å². The van der Waals surface area contributed by atoms with Gasteiger partial charge in [0.15, 0.2) is 11.6 Å². The summed E-state index contributed by atoms with van der Waals surface area (Å²) in [4.78, 5) is 27.3. The van der Waals surface area contributed by atoms with Crippen molar-refractivity contribution in [3.8, 4) is 0 Å². The van der Waals surface area contributed by atoms with E-state index in [4.69, 9.17) is 11.6 Å². The topological polar surface area (TPSA) is 54.3 Å². The molecule has 178 valence electrons. The standard InChI is InChI=1S/C24H20ClF4N3O2/c1-31-12-16(22(21(25)24(31)34)30-20-11-18(28)17(27)10-19(20)29)23(33)32-8-6-14(7-9-32)13-2-4-15(26)5-3-13/h2-5,10-12,14,30H,6-9H2,1H3. The van der Waals surface area contributed by atoms with Crippen LogP contribution in [0.25, 0.3) is 0 Å². The van der Waals surface area contributed by atoms with Crippen molar-refractivity contribution in [3.05, 3.63) is 92.4 Å². The average molecular weight is 494 g/mol. The Labute approximate surface area is 197 Å². The Hall–Kier alpha value is -3.33. The molecule has 0 atom stereocenters. The molecule has 0 aliphatic carbocycles. The van der Waals surface area contributed by atoms with Gasteiger partial charge in [0.1, 0.15) is 16.7 Å². The number of carbonyl (C=O) groups excluding carboxylic acids is 1. The molecule has 1 fully saturated rings. The molecule has 1 amide bonds. The molecule has 10 heteroatoms. The van der Waals surface area contributed by atoms with Crippen molar-refractivity contribution in [2.75, 3.05) is 18.4 Å². The van der Waals surface area contributed by atoms with Crippen LogP contribution in [0.15, 0.2) is 47.4 Å². The molecule has 1 N–H and O–H groups in total. The smallest absolute Gasteiger partial charge is 0.271 e. The van der Waals surface area contributed by atoms with Crippen LogP contribution in [-0.4, -0.2) is 28.5 Å². The molecule has 2 aromatic carbocycles. The number of piperidine rings is 1. The summed E-state index contributed by atoms with van der Waals surface area (Å²) < 4.78 is 55.6. The number of amides is 1. The van der Waals surface area contributed by atoms with Gasteiger partial charge in [0, 0.05) is 38.5 Å². The maximum absolute atomic E-state index is 14.2. The van der Waals surface area contributed by atoms with Crippen molar-refractivity contribution in [3.63, 3.8) is 0 Å². The molecule has 1 aliphatic rings. The molecule has 2 heterocycles. The van der Waals surface area contributed by atoms with Gasteiger partial charge in [0.05, 0.1) is 16.9 Å². The normalized spacial score (nSPS) is 14.4. The molecule has 5 nitrogen and oxygen atoms in total. The van der Waals surface area contributed by atoms with Crippen LogP contribution in [0.3, 0.4) is 0 Å². The highest BCUT2D eigenvalue weighted by Gasteiger charge is 2.28. The molecule has 4 rings (SSSR count). The van der Waals surface area contributed by atoms with E-state index >= 15 is 0 Å². The molecule has 1 saturated heterocycles. The number of benzene rings is 2. The van der Waals surface area contributed by atoms with Gasteiger partial charge in [-0.05, 0) is 36.5 Å². The van der Waals surface area contributed by atoms with Crippen LogP contribution in [0.5, 0.6) is 0 Å². The largest absolute Gasteiger partial charge is 0.351 e. The lowest BCUT2D eigenvalue weighted by atomic mass is 9.89. The van der Waals surface area contributed by atoms with Gasteiger partial charge in [-0.15, -0.1) is 0 Å². The van der Waals surface area contributed by atoms with Crippen LogP contribution in [0, 0.1) is 23.3 Å². The van der Waals surface area contributed by atoms with Crippen molar-refractivity contribution in [1.82, 2.24) is 9.47 Å². The van der Waals surface area contributed by atoms with Gasteiger partial charge < -0.3 is 14.8 Å². The van der Waals surface area contributed by atoms with Gasteiger partial charge in [-0.2, -0.15) is 0 Å². The number of aryl methyl sites for hydroxylation is 1. The van der Waals surface area contributed by atoms with Crippen molar-refractivity contribution < 1.29 is 22.4 Å². The lowest BCUT2D eigenvalue weighted by Gasteiger charge is -2.33. The van der Waals surface area contributed by atoms with Crippen molar-refractivity contribution in [1.29, 1.82) is 0 Å². The van der Waals surface area contributed by atoms with Crippen LogP contribution >= 0.6 is 11.6 Å². The quantitative estimate of drug-likeness (QED) is 0.393. The van der Waals surface area contributed by atoms with Crippen LogP contribution in [0.2, 0.25) is 5.02 Å². The Morgan fingerprint density at radius 2 is 1.62 bits per heavy atom. The lowest BCUT2D eigenvalue weighted by Crippen LogP contribution is -2.39. The minimum Gasteiger partial charge on any atom is -0.351 e. The Morgan fingerprint density at radius 3 is 2.26 bits per heavy atom. The second kappa shape index (κ2) is 9.50. The third-order valence-corrected chi connectivity index (χ3v) is 6.29. The van der Waals surface area contributed by atoms with Gasteiger partial charge in [0.25, 0.3) is 11.5 Å². The summed E-state index contributed by atoms with van der Waals surface area (Å²) in [6.07, 6.45) is 2.54. The molecule has 0 saturated carbocycles. The van der Waals surface area contributed by atoms with E-state index in [-0.39, 0.29) is 23.0 Å². The van der Waals surface area contributed by atoms with E-state index < -0.39 is 39.6 Å². The highest BCUT2D eigenvalue weighted by Crippen LogP contribution is 2.33. The summed E-state index contributed by atoms with van der Waals surface area (Å²) in [5.41, 5.74) is -0.358. The summed E-state index contributed by atoms with van der Waals surface area (Å²) in [5, 5.41) is 2.11. The Morgan fingerprint density at radius 1 is 1.00 bits per heavy atom. The number of nitrogens with zero attached hydrogens (tertiary/aromatic N) is 2. The monoisotopic (exact) mass is 493 g/mol. The molecule has 0 spiro atoms. The zero-order chi connectivity index (χ0) is 24.6. The summed E-state index contributed by atoms with van der Waals surface area (Å²) in [6, 6.07) is 7.18. The average Bonchev–Trinajstić information content (AvgIpc) is 2.82. The van der Waals surface area contributed by atoms with Crippen LogP contribution in [0.4, 0.5) is 28.9 Å². The highest BCUT2D eigenvalue weighted by molar-refractivity contribution is 6.34. The Kier molecular flexibility index (Phi) is 6.65. The first-order chi connectivity index (χ1) is 16.2. The number of aromatic nitrogens is 1. The third-order valence-electron chi connectivity index (χ3n) is 5.94.